The van der Waals surface area contributed by atoms with Crippen LogP contribution in [0.3, 0.4) is 0 Å². The molecule has 11 heteroatoms. The molecule has 0 atom stereocenters. The van der Waals surface area contributed by atoms with E-state index in [1.165, 1.54) is 17.3 Å². The third-order valence-corrected chi connectivity index (χ3v) is 5.97. The summed E-state index contributed by atoms with van der Waals surface area (Å²) in [4.78, 5) is 7.23. The molecule has 6 aromatic rings. The van der Waals surface area contributed by atoms with E-state index in [0.717, 1.165) is 16.8 Å². The Morgan fingerprint density at radius 2 is 1.37 bits per heavy atom. The number of nitrogens with one attached hydrogen (secondary N) is 1. The van der Waals surface area contributed by atoms with Crippen molar-refractivity contribution in [2.24, 2.45) is 0 Å². The van der Waals surface area contributed by atoms with Gasteiger partial charge in [0.1, 0.15) is 17.4 Å². The number of nitrogens with zero attached hydrogens (tertiary/aromatic N) is 6. The van der Waals surface area contributed by atoms with Crippen molar-refractivity contribution in [2.45, 2.75) is 19.1 Å². The van der Waals surface area contributed by atoms with E-state index < -0.39 is 12.0 Å². The summed E-state index contributed by atoms with van der Waals surface area (Å²) in [6, 6.07) is 34.3. The van der Waals surface area contributed by atoms with Crippen LogP contribution in [0.15, 0.2) is 116 Å². The molecule has 3 heterocycles. The Balaban J connectivity index is 0.000000200. The molecule has 0 unspecified atom stereocenters. The zero-order chi connectivity index (χ0) is 28.0. The summed E-state index contributed by atoms with van der Waals surface area (Å²) in [6.45, 7) is 1.81. The van der Waals surface area contributed by atoms with Crippen molar-refractivity contribution in [3.63, 3.8) is 0 Å². The second kappa shape index (κ2) is 13.3. The van der Waals surface area contributed by atoms with Gasteiger partial charge in [-0.05, 0) is 35.7 Å². The van der Waals surface area contributed by atoms with Crippen LogP contribution in [0.4, 0.5) is 13.2 Å². The number of hydrogen-bond donors (Lipinski definition) is 1. The molecule has 0 bridgehead atoms. The maximum Gasteiger partial charge on any atom is 2.00 e. The zero-order valence-electron chi connectivity index (χ0n) is 21.7. The molecular formula is C30H24F3N7Pt+2. The van der Waals surface area contributed by atoms with Crippen LogP contribution in [-0.4, -0.2) is 35.2 Å². The monoisotopic (exact) mass is 734 g/mol. The van der Waals surface area contributed by atoms with Gasteiger partial charge in [-0.1, -0.05) is 96.2 Å². The number of rotatable bonds is 5. The molecule has 3 aromatic heterocycles. The van der Waals surface area contributed by atoms with Crippen LogP contribution < -0.4 is 0 Å². The van der Waals surface area contributed by atoms with Gasteiger partial charge < -0.3 is 0 Å². The van der Waals surface area contributed by atoms with Crippen LogP contribution in [-0.2, 0) is 27.2 Å². The Morgan fingerprint density at radius 1 is 0.780 bits per heavy atom. The van der Waals surface area contributed by atoms with Crippen LogP contribution in [0.1, 0.15) is 28.6 Å². The fraction of sp³-hybridized carbons (Fsp3) is 0.100. The van der Waals surface area contributed by atoms with Crippen molar-refractivity contribution < 1.29 is 34.2 Å². The molecule has 0 radical (unpaired) electrons. The van der Waals surface area contributed by atoms with E-state index in [-0.39, 0.29) is 32.9 Å². The second-order valence-corrected chi connectivity index (χ2v) is 8.90. The molecule has 7 nitrogen and oxygen atoms in total. The number of halogens is 3. The number of aromatic amines is 1. The smallest absolute Gasteiger partial charge is 0.255 e. The Morgan fingerprint density at radius 3 is 1.90 bits per heavy atom. The normalized spacial score (nSPS) is 11.0. The van der Waals surface area contributed by atoms with Crippen LogP contribution in [0, 0.1) is 6.92 Å². The third kappa shape index (κ3) is 7.41. The summed E-state index contributed by atoms with van der Waals surface area (Å²) in [6.07, 6.45) is -1.01. The Kier molecular flexibility index (Phi) is 9.57. The molecule has 0 fully saturated rings. The van der Waals surface area contributed by atoms with Gasteiger partial charge in [0, 0.05) is 11.8 Å². The molecule has 0 amide bonds. The summed E-state index contributed by atoms with van der Waals surface area (Å²) in [5.41, 5.74) is 5.52. The quantitative estimate of drug-likeness (QED) is 0.211. The van der Waals surface area contributed by atoms with E-state index in [1.807, 2.05) is 65.4 Å². The first kappa shape index (κ1) is 29.5. The fourth-order valence-electron chi connectivity index (χ4n) is 4.07. The van der Waals surface area contributed by atoms with Crippen molar-refractivity contribution in [3.05, 3.63) is 138 Å². The number of H-pyrrole nitrogens is 1. The molecule has 1 N–H and O–H groups in total. The largest absolute Gasteiger partial charge is 2.00 e. The van der Waals surface area contributed by atoms with Gasteiger partial charge in [0.05, 0.1) is 6.20 Å². The predicted molar refractivity (Wildman–Crippen MR) is 145 cm³/mol. The van der Waals surface area contributed by atoms with Gasteiger partial charge in [0.15, 0.2) is 5.82 Å². The maximum atomic E-state index is 12.2. The Bertz CT molecular complexity index is 1610. The molecule has 0 aliphatic heterocycles. The van der Waals surface area contributed by atoms with E-state index in [4.69, 9.17) is 0 Å². The van der Waals surface area contributed by atoms with E-state index in [2.05, 4.69) is 73.9 Å². The minimum Gasteiger partial charge on any atom is -0.255 e. The second-order valence-electron chi connectivity index (χ2n) is 8.90. The van der Waals surface area contributed by atoms with Gasteiger partial charge in [0.2, 0.25) is 5.82 Å². The van der Waals surface area contributed by atoms with Crippen molar-refractivity contribution >= 4 is 0 Å². The standard InChI is InChI=1S/C21H17N3.C9H7F3N4.Pt/c1-4-10-17(11-5-1)20-16-24(23-22-20)21(18-12-6-2-7-13-18)19-14-8-3-9-15-19;1-5-2-3-13-6(4-5)7-14-8(16-15-7)9(10,11)12;/h1-16,21H;2-4H,1H3,(H,14,15,16);/q;;+2. The van der Waals surface area contributed by atoms with Crippen molar-refractivity contribution in [2.75, 3.05) is 0 Å². The predicted octanol–water partition coefficient (Wildman–Crippen LogP) is 6.77. The zero-order valence-corrected chi connectivity index (χ0v) is 24.0. The van der Waals surface area contributed by atoms with Gasteiger partial charge in [-0.15, -0.1) is 5.10 Å². The van der Waals surface area contributed by atoms with Gasteiger partial charge in [0.25, 0.3) is 0 Å². The number of alkyl halides is 3. The van der Waals surface area contributed by atoms with Crippen LogP contribution >= 0.6 is 0 Å². The molecule has 0 saturated heterocycles. The Labute approximate surface area is 248 Å². The van der Waals surface area contributed by atoms with Crippen molar-refractivity contribution in [3.8, 4) is 22.8 Å². The first-order valence-electron chi connectivity index (χ1n) is 12.4. The number of aromatic nitrogens is 7. The summed E-state index contributed by atoms with van der Waals surface area (Å²) in [7, 11) is 0. The van der Waals surface area contributed by atoms with Gasteiger partial charge in [-0.2, -0.15) is 18.3 Å². The summed E-state index contributed by atoms with van der Waals surface area (Å²) >= 11 is 0. The average Bonchev–Trinajstić information content (AvgIpc) is 3.67. The number of hydrogen-bond acceptors (Lipinski definition) is 5. The summed E-state index contributed by atoms with van der Waals surface area (Å²) in [5, 5.41) is 14.1. The van der Waals surface area contributed by atoms with E-state index in [9.17, 15) is 13.2 Å². The minimum absolute atomic E-state index is 0. The fourth-order valence-corrected chi connectivity index (χ4v) is 4.07. The number of benzene rings is 3. The molecule has 0 saturated carbocycles. The molecule has 0 aliphatic rings. The SMILES string of the molecule is Cc1ccnc(-c2n[nH]c(C(F)(F)F)n2)c1.[Pt+2].c1ccc(-c2cn(C(c3ccccc3)c3ccccc3)nn2)cc1. The topological polar surface area (TPSA) is 85.2 Å². The molecule has 41 heavy (non-hydrogen) atoms. The summed E-state index contributed by atoms with van der Waals surface area (Å²) < 4.78 is 38.7. The number of pyridine rings is 1. The first-order chi connectivity index (χ1) is 19.4. The summed E-state index contributed by atoms with van der Waals surface area (Å²) in [5.74, 6) is -1.18. The van der Waals surface area contributed by atoms with Gasteiger partial charge >= 0.3 is 27.2 Å². The van der Waals surface area contributed by atoms with E-state index >= 15 is 0 Å². The van der Waals surface area contributed by atoms with Crippen LogP contribution in [0.5, 0.6) is 0 Å². The first-order valence-corrected chi connectivity index (χ1v) is 12.4. The molecule has 6 rings (SSSR count). The average molecular weight is 735 g/mol. The molecule has 3 aromatic carbocycles. The molecule has 0 spiro atoms. The molecular weight excluding hydrogens is 710 g/mol. The van der Waals surface area contributed by atoms with E-state index in [0.29, 0.717) is 5.69 Å². The van der Waals surface area contributed by atoms with Crippen LogP contribution in [0.2, 0.25) is 0 Å². The van der Waals surface area contributed by atoms with Gasteiger partial charge in [-0.3, -0.25) is 10.1 Å². The maximum absolute atomic E-state index is 12.2. The van der Waals surface area contributed by atoms with Gasteiger partial charge in [-0.25, -0.2) is 9.67 Å². The van der Waals surface area contributed by atoms with Crippen molar-refractivity contribution in [1.29, 1.82) is 0 Å². The minimum atomic E-state index is -4.52. The number of aryl methyl sites for hydroxylation is 1. The Hall–Kier alpha value is -4.43. The van der Waals surface area contributed by atoms with E-state index in [1.54, 1.807) is 12.1 Å². The third-order valence-electron chi connectivity index (χ3n) is 5.97. The van der Waals surface area contributed by atoms with Crippen molar-refractivity contribution in [1.82, 2.24) is 35.2 Å². The van der Waals surface area contributed by atoms with Crippen LogP contribution in [0.25, 0.3) is 22.8 Å². The molecule has 208 valence electrons. The molecule has 0 aliphatic carbocycles.